The summed E-state index contributed by atoms with van der Waals surface area (Å²) in [6, 6.07) is 7.17. The second-order valence-electron chi connectivity index (χ2n) is 5.40. The number of carbonyl (C=O) groups excluding carboxylic acids is 1. The molecular formula is C16H20N2O4S. The summed E-state index contributed by atoms with van der Waals surface area (Å²) in [5.74, 6) is -0.216. The summed E-state index contributed by atoms with van der Waals surface area (Å²) >= 11 is 0. The van der Waals surface area contributed by atoms with E-state index in [2.05, 4.69) is 10.5 Å². The summed E-state index contributed by atoms with van der Waals surface area (Å²) < 4.78 is 29.5. The highest BCUT2D eigenvalue weighted by Crippen LogP contribution is 2.16. The molecule has 0 saturated carbocycles. The molecule has 0 fully saturated rings. The maximum atomic E-state index is 12.3. The Morgan fingerprint density at radius 2 is 1.83 bits per heavy atom. The molecule has 1 amide bonds. The number of nitrogens with one attached hydrogen (secondary N) is 1. The van der Waals surface area contributed by atoms with Gasteiger partial charge in [0.05, 0.1) is 17.2 Å². The van der Waals surface area contributed by atoms with Crippen LogP contribution in [0.1, 0.15) is 36.2 Å². The van der Waals surface area contributed by atoms with Gasteiger partial charge in [-0.2, -0.15) is 0 Å². The fraction of sp³-hybridized carbons (Fsp3) is 0.375. The first kappa shape index (κ1) is 17.2. The second kappa shape index (κ2) is 7.41. The molecule has 1 heterocycles. The van der Waals surface area contributed by atoms with E-state index in [0.717, 1.165) is 5.56 Å². The van der Waals surface area contributed by atoms with Crippen LogP contribution in [-0.4, -0.2) is 19.5 Å². The number of rotatable bonds is 7. The topological polar surface area (TPSA) is 89.3 Å². The molecular weight excluding hydrogens is 316 g/mol. The minimum atomic E-state index is -3.30. The molecule has 2 aromatic rings. The van der Waals surface area contributed by atoms with Gasteiger partial charge < -0.3 is 9.84 Å². The van der Waals surface area contributed by atoms with Crippen LogP contribution >= 0.6 is 0 Å². The van der Waals surface area contributed by atoms with Gasteiger partial charge in [0, 0.05) is 19.0 Å². The molecule has 1 aromatic carbocycles. The van der Waals surface area contributed by atoms with Crippen LogP contribution in [0.3, 0.4) is 0 Å². The van der Waals surface area contributed by atoms with E-state index >= 15 is 0 Å². The van der Waals surface area contributed by atoms with Crippen molar-refractivity contribution in [2.24, 2.45) is 0 Å². The third-order valence-corrected chi connectivity index (χ3v) is 4.91. The monoisotopic (exact) mass is 336 g/mol. The second-order valence-corrected chi connectivity index (χ2v) is 7.46. The number of aryl methyl sites for hydroxylation is 1. The summed E-state index contributed by atoms with van der Waals surface area (Å²) in [6.07, 6.45) is 2.03. The zero-order chi connectivity index (χ0) is 16.9. The Bertz CT molecular complexity index is 764. The van der Waals surface area contributed by atoms with Crippen molar-refractivity contribution in [2.75, 3.05) is 0 Å². The number of carbonyl (C=O) groups is 1. The van der Waals surface area contributed by atoms with Gasteiger partial charge >= 0.3 is 0 Å². The van der Waals surface area contributed by atoms with Crippen LogP contribution in [0, 0.1) is 0 Å². The van der Waals surface area contributed by atoms with Crippen molar-refractivity contribution in [2.45, 2.75) is 38.3 Å². The fourth-order valence-corrected chi connectivity index (χ4v) is 3.72. The van der Waals surface area contributed by atoms with Crippen molar-refractivity contribution >= 4 is 15.7 Å². The molecule has 23 heavy (non-hydrogen) atoms. The maximum absolute atomic E-state index is 12.3. The molecule has 124 valence electrons. The molecule has 1 N–H and O–H groups in total. The van der Waals surface area contributed by atoms with Gasteiger partial charge in [0.2, 0.25) is 5.91 Å². The van der Waals surface area contributed by atoms with Crippen LogP contribution in [0.5, 0.6) is 0 Å². The predicted octanol–water partition coefficient (Wildman–Crippen LogP) is 1.99. The predicted molar refractivity (Wildman–Crippen MR) is 86.2 cm³/mol. The summed E-state index contributed by atoms with van der Waals surface area (Å²) in [6.45, 7) is 3.79. The first-order valence-electron chi connectivity index (χ1n) is 7.34. The summed E-state index contributed by atoms with van der Waals surface area (Å²) in [7, 11) is -3.30. The van der Waals surface area contributed by atoms with Gasteiger partial charge in [-0.3, -0.25) is 4.79 Å². The SMILES string of the molecule is CCc1nocc1CS(=O)(=O)Cc1ccc(CNC(C)=O)cc1. The smallest absolute Gasteiger partial charge is 0.217 e. The molecule has 0 saturated heterocycles. The van der Waals surface area contributed by atoms with Crippen molar-refractivity contribution in [3.63, 3.8) is 0 Å². The number of sulfone groups is 1. The van der Waals surface area contributed by atoms with E-state index < -0.39 is 9.84 Å². The normalized spacial score (nSPS) is 11.4. The first-order chi connectivity index (χ1) is 10.9. The summed E-state index contributed by atoms with van der Waals surface area (Å²) in [4.78, 5) is 10.9. The molecule has 0 aliphatic rings. The van der Waals surface area contributed by atoms with Crippen molar-refractivity contribution < 1.29 is 17.7 Å². The number of hydrogen-bond donors (Lipinski definition) is 1. The fourth-order valence-electron chi connectivity index (χ4n) is 2.21. The number of amides is 1. The Morgan fingerprint density at radius 1 is 1.17 bits per heavy atom. The van der Waals surface area contributed by atoms with Crippen LogP contribution < -0.4 is 5.32 Å². The Morgan fingerprint density at radius 3 is 2.43 bits per heavy atom. The summed E-state index contributed by atoms with van der Waals surface area (Å²) in [5, 5.41) is 6.50. The van der Waals surface area contributed by atoms with E-state index in [0.29, 0.717) is 29.8 Å². The molecule has 0 unspecified atom stereocenters. The Balaban J connectivity index is 2.01. The van der Waals surface area contributed by atoms with Gasteiger partial charge in [-0.25, -0.2) is 8.42 Å². The maximum Gasteiger partial charge on any atom is 0.217 e. The third kappa shape index (κ3) is 5.21. The van der Waals surface area contributed by atoms with Gasteiger partial charge in [0.15, 0.2) is 9.84 Å². The largest absolute Gasteiger partial charge is 0.364 e. The van der Waals surface area contributed by atoms with Gasteiger partial charge in [-0.1, -0.05) is 36.3 Å². The van der Waals surface area contributed by atoms with E-state index in [1.807, 2.05) is 19.1 Å². The van der Waals surface area contributed by atoms with Gasteiger partial charge in [0.1, 0.15) is 6.26 Å². The number of aromatic nitrogens is 1. The lowest BCUT2D eigenvalue weighted by Crippen LogP contribution is -2.18. The summed E-state index contributed by atoms with van der Waals surface area (Å²) in [5.41, 5.74) is 2.94. The standard InChI is InChI=1S/C16H20N2O4S/c1-3-16-15(9-22-18-16)11-23(20,21)10-14-6-4-13(5-7-14)8-17-12(2)19/h4-7,9H,3,8,10-11H2,1-2H3,(H,17,19). The minimum Gasteiger partial charge on any atom is -0.364 e. The van der Waals surface area contributed by atoms with Crippen LogP contribution in [-0.2, 0) is 39.1 Å². The van der Waals surface area contributed by atoms with Crippen molar-refractivity contribution in [3.8, 4) is 0 Å². The number of hydrogen-bond acceptors (Lipinski definition) is 5. The molecule has 1 aromatic heterocycles. The average Bonchev–Trinajstić information content (AvgIpc) is 2.92. The lowest BCUT2D eigenvalue weighted by molar-refractivity contribution is -0.119. The van der Waals surface area contributed by atoms with Gasteiger partial charge in [-0.05, 0) is 17.5 Å². The molecule has 0 radical (unpaired) electrons. The number of nitrogens with zero attached hydrogens (tertiary/aromatic N) is 1. The minimum absolute atomic E-state index is 0.0399. The van der Waals surface area contributed by atoms with Crippen LogP contribution in [0.4, 0.5) is 0 Å². The molecule has 0 aliphatic carbocycles. The van der Waals surface area contributed by atoms with Crippen LogP contribution in [0.25, 0.3) is 0 Å². The Hall–Kier alpha value is -2.15. The van der Waals surface area contributed by atoms with E-state index in [9.17, 15) is 13.2 Å². The quantitative estimate of drug-likeness (QED) is 0.835. The van der Waals surface area contributed by atoms with Crippen molar-refractivity contribution in [3.05, 3.63) is 52.9 Å². The third-order valence-electron chi connectivity index (χ3n) is 3.39. The van der Waals surface area contributed by atoms with Crippen LogP contribution in [0.2, 0.25) is 0 Å². The number of benzene rings is 1. The Labute approximate surface area is 135 Å². The zero-order valence-electron chi connectivity index (χ0n) is 13.2. The lowest BCUT2D eigenvalue weighted by Gasteiger charge is -2.06. The Kier molecular flexibility index (Phi) is 5.54. The molecule has 0 bridgehead atoms. The highest BCUT2D eigenvalue weighted by Gasteiger charge is 2.17. The van der Waals surface area contributed by atoms with Crippen molar-refractivity contribution in [1.82, 2.24) is 10.5 Å². The van der Waals surface area contributed by atoms with E-state index in [1.54, 1.807) is 12.1 Å². The highest BCUT2D eigenvalue weighted by atomic mass is 32.2. The molecule has 0 spiro atoms. The molecule has 6 nitrogen and oxygen atoms in total. The first-order valence-corrected chi connectivity index (χ1v) is 9.16. The van der Waals surface area contributed by atoms with E-state index in [1.165, 1.54) is 13.2 Å². The van der Waals surface area contributed by atoms with Gasteiger partial charge in [0.25, 0.3) is 0 Å². The molecule has 7 heteroatoms. The van der Waals surface area contributed by atoms with Crippen LogP contribution in [0.15, 0.2) is 35.1 Å². The molecule has 2 rings (SSSR count). The van der Waals surface area contributed by atoms with Gasteiger partial charge in [-0.15, -0.1) is 0 Å². The zero-order valence-corrected chi connectivity index (χ0v) is 14.0. The van der Waals surface area contributed by atoms with Crippen molar-refractivity contribution in [1.29, 1.82) is 0 Å². The van der Waals surface area contributed by atoms with E-state index in [-0.39, 0.29) is 17.4 Å². The molecule has 0 atom stereocenters. The van der Waals surface area contributed by atoms with E-state index in [4.69, 9.17) is 4.52 Å². The average molecular weight is 336 g/mol. The molecule has 0 aliphatic heterocycles. The highest BCUT2D eigenvalue weighted by molar-refractivity contribution is 7.89. The lowest BCUT2D eigenvalue weighted by atomic mass is 10.1.